The molecule has 6 nitrogen and oxygen atoms in total. The van der Waals surface area contributed by atoms with E-state index in [0.29, 0.717) is 26.4 Å². The van der Waals surface area contributed by atoms with Crippen LogP contribution >= 0.6 is 0 Å². The maximum atomic E-state index is 6.60. The summed E-state index contributed by atoms with van der Waals surface area (Å²) in [5.41, 5.74) is -0.283. The number of unbranched alkanes of at least 4 members (excludes halogenated alkanes) is 22. The maximum Gasteiger partial charge on any atom is 0.102 e. The van der Waals surface area contributed by atoms with Crippen molar-refractivity contribution in [3.63, 3.8) is 0 Å². The van der Waals surface area contributed by atoms with Crippen LogP contribution in [-0.4, -0.2) is 114 Å². The number of likely N-dealkylation sites (N-methyl/N-ethyl adjacent to an activating group) is 2. The van der Waals surface area contributed by atoms with Gasteiger partial charge in [-0.1, -0.05) is 155 Å². The average molecular weight is 785 g/mol. The zero-order chi connectivity index (χ0) is 40.6. The van der Waals surface area contributed by atoms with E-state index in [1.165, 1.54) is 141 Å². The van der Waals surface area contributed by atoms with Gasteiger partial charge >= 0.3 is 0 Å². The molecule has 0 N–H and O–H groups in total. The Hall–Kier alpha value is -0.240. The first kappa shape index (κ1) is 54.8. The summed E-state index contributed by atoms with van der Waals surface area (Å²) < 4.78 is 28.5. The quantitative estimate of drug-likeness (QED) is 0.0455. The molecular formula is C49H104N2O4+2. The molecule has 0 saturated heterocycles. The van der Waals surface area contributed by atoms with Crippen molar-refractivity contribution in [2.75, 3.05) is 105 Å². The Balaban J connectivity index is 5.13. The standard InChI is InChI=1S/C49H104N2O4/c1-9-17-19-21-23-25-27-29-31-33-35-37-41-52-45-49(47-54-43-39-50(11-3,12-4)13-5,48-55-44-40-51(14-6,15-7)16-8)46-53-42-38-36-34-32-30-28-26-24-22-20-18-10-2/h9-48H2,1-8H3/q+2. The molecule has 0 spiro atoms. The molecule has 0 heterocycles. The third kappa shape index (κ3) is 29.6. The van der Waals surface area contributed by atoms with Gasteiger partial charge < -0.3 is 27.9 Å². The lowest BCUT2D eigenvalue weighted by Gasteiger charge is -2.38. The van der Waals surface area contributed by atoms with E-state index in [2.05, 4.69) is 55.4 Å². The molecule has 55 heavy (non-hydrogen) atoms. The Labute approximate surface area is 347 Å². The van der Waals surface area contributed by atoms with Crippen LogP contribution in [0.1, 0.15) is 209 Å². The second-order valence-electron chi connectivity index (χ2n) is 17.5. The molecule has 0 aliphatic carbocycles. The van der Waals surface area contributed by atoms with E-state index >= 15 is 0 Å². The minimum absolute atomic E-state index is 0.283. The molecule has 0 fully saturated rings. The van der Waals surface area contributed by atoms with Crippen molar-refractivity contribution < 1.29 is 27.9 Å². The third-order valence-corrected chi connectivity index (χ3v) is 13.4. The van der Waals surface area contributed by atoms with E-state index in [0.717, 1.165) is 101 Å². The van der Waals surface area contributed by atoms with Crippen LogP contribution in [-0.2, 0) is 18.9 Å². The van der Waals surface area contributed by atoms with E-state index in [-0.39, 0.29) is 5.41 Å². The van der Waals surface area contributed by atoms with Crippen LogP contribution < -0.4 is 0 Å². The molecule has 332 valence electrons. The number of ether oxygens (including phenoxy) is 4. The number of hydrogen-bond acceptors (Lipinski definition) is 4. The molecule has 0 aromatic rings. The number of nitrogens with zero attached hydrogens (tertiary/aromatic N) is 2. The van der Waals surface area contributed by atoms with Gasteiger partial charge in [0, 0.05) is 13.2 Å². The SMILES string of the molecule is CCCCCCCCCCCCCCOCC(COCCCCCCCCCCCCCC)(COCC[N+](CC)(CC)CC)COCC[N+](CC)(CC)CC. The molecule has 6 heteroatoms. The van der Waals surface area contributed by atoms with E-state index in [9.17, 15) is 0 Å². The zero-order valence-electron chi connectivity index (χ0n) is 39.3. The molecule has 0 aromatic carbocycles. The first-order valence-corrected chi connectivity index (χ1v) is 24.9. The van der Waals surface area contributed by atoms with E-state index in [1.54, 1.807) is 0 Å². The summed E-state index contributed by atoms with van der Waals surface area (Å²) in [6.07, 6.45) is 32.7. The van der Waals surface area contributed by atoms with Crippen LogP contribution in [0.4, 0.5) is 0 Å². The van der Waals surface area contributed by atoms with Crippen molar-refractivity contribution in [2.45, 2.75) is 209 Å². The van der Waals surface area contributed by atoms with Crippen LogP contribution in [0.2, 0.25) is 0 Å². The Bertz CT molecular complexity index is 679. The second kappa shape index (κ2) is 39.2. The van der Waals surface area contributed by atoms with Crippen LogP contribution in [0.5, 0.6) is 0 Å². The lowest BCUT2D eigenvalue weighted by molar-refractivity contribution is -0.923. The third-order valence-electron chi connectivity index (χ3n) is 13.4. The Morgan fingerprint density at radius 1 is 0.273 bits per heavy atom. The minimum Gasteiger partial charge on any atom is -0.381 e. The van der Waals surface area contributed by atoms with Gasteiger partial charge in [0.05, 0.1) is 84.3 Å². The molecule has 0 aliphatic rings. The summed E-state index contributed by atoms with van der Waals surface area (Å²) in [6, 6.07) is 0. The fourth-order valence-corrected chi connectivity index (χ4v) is 8.30. The molecule has 0 unspecified atom stereocenters. The van der Waals surface area contributed by atoms with Crippen molar-refractivity contribution in [1.82, 2.24) is 0 Å². The highest BCUT2D eigenvalue weighted by Crippen LogP contribution is 2.23. The Kier molecular flexibility index (Phi) is 39.1. The Morgan fingerprint density at radius 2 is 0.491 bits per heavy atom. The lowest BCUT2D eigenvalue weighted by Crippen LogP contribution is -2.51. The van der Waals surface area contributed by atoms with Gasteiger partial charge in [-0.05, 0) is 54.4 Å². The Morgan fingerprint density at radius 3 is 0.727 bits per heavy atom. The van der Waals surface area contributed by atoms with Gasteiger partial charge in [-0.15, -0.1) is 0 Å². The first-order chi connectivity index (χ1) is 26.9. The zero-order valence-corrected chi connectivity index (χ0v) is 39.3. The molecular weight excluding hydrogens is 681 g/mol. The van der Waals surface area contributed by atoms with Gasteiger partial charge in [-0.25, -0.2) is 0 Å². The summed E-state index contributed by atoms with van der Waals surface area (Å²) in [7, 11) is 0. The smallest absolute Gasteiger partial charge is 0.102 e. The normalized spacial score (nSPS) is 12.7. The van der Waals surface area contributed by atoms with Crippen molar-refractivity contribution in [2.24, 2.45) is 5.41 Å². The van der Waals surface area contributed by atoms with Crippen LogP contribution in [0.3, 0.4) is 0 Å². The number of rotatable bonds is 46. The number of quaternary nitrogens is 2. The maximum absolute atomic E-state index is 6.60. The number of hydrogen-bond donors (Lipinski definition) is 0. The molecule has 0 rings (SSSR count). The molecule has 0 amide bonds. The van der Waals surface area contributed by atoms with Crippen molar-refractivity contribution in [3.05, 3.63) is 0 Å². The summed E-state index contributed by atoms with van der Waals surface area (Å²) in [6.45, 7) is 33.3. The van der Waals surface area contributed by atoms with Crippen LogP contribution in [0.25, 0.3) is 0 Å². The summed E-state index contributed by atoms with van der Waals surface area (Å²) in [5.74, 6) is 0. The van der Waals surface area contributed by atoms with Crippen LogP contribution in [0, 0.1) is 5.41 Å². The minimum atomic E-state index is -0.283. The van der Waals surface area contributed by atoms with Crippen LogP contribution in [0.15, 0.2) is 0 Å². The summed E-state index contributed by atoms with van der Waals surface area (Å²) >= 11 is 0. The molecule has 0 saturated carbocycles. The van der Waals surface area contributed by atoms with Gasteiger partial charge in [0.25, 0.3) is 0 Å². The van der Waals surface area contributed by atoms with Gasteiger partial charge in [0.15, 0.2) is 0 Å². The highest BCUT2D eigenvalue weighted by atomic mass is 16.5. The second-order valence-corrected chi connectivity index (χ2v) is 17.5. The van der Waals surface area contributed by atoms with Gasteiger partial charge in [-0.2, -0.15) is 0 Å². The largest absolute Gasteiger partial charge is 0.381 e. The lowest BCUT2D eigenvalue weighted by atomic mass is 9.92. The predicted molar refractivity (Wildman–Crippen MR) is 241 cm³/mol. The molecule has 0 aromatic heterocycles. The fourth-order valence-electron chi connectivity index (χ4n) is 8.30. The van der Waals surface area contributed by atoms with Crippen molar-refractivity contribution in [3.8, 4) is 0 Å². The predicted octanol–water partition coefficient (Wildman–Crippen LogP) is 13.2. The van der Waals surface area contributed by atoms with E-state index < -0.39 is 0 Å². The molecule has 0 radical (unpaired) electrons. The van der Waals surface area contributed by atoms with Gasteiger partial charge in [-0.3, -0.25) is 0 Å². The van der Waals surface area contributed by atoms with Crippen molar-refractivity contribution >= 4 is 0 Å². The fraction of sp³-hybridized carbons (Fsp3) is 1.00. The van der Waals surface area contributed by atoms with E-state index in [1.807, 2.05) is 0 Å². The summed E-state index contributed by atoms with van der Waals surface area (Å²) in [5, 5.41) is 0. The van der Waals surface area contributed by atoms with Gasteiger partial charge in [0.2, 0.25) is 0 Å². The molecule has 0 atom stereocenters. The van der Waals surface area contributed by atoms with Crippen molar-refractivity contribution in [1.29, 1.82) is 0 Å². The summed E-state index contributed by atoms with van der Waals surface area (Å²) in [4.78, 5) is 0. The highest BCUT2D eigenvalue weighted by Gasteiger charge is 2.34. The molecule has 0 aliphatic heterocycles. The molecule has 0 bridgehead atoms. The average Bonchev–Trinajstić information content (AvgIpc) is 3.21. The highest BCUT2D eigenvalue weighted by molar-refractivity contribution is 4.80. The van der Waals surface area contributed by atoms with Gasteiger partial charge in [0.1, 0.15) is 13.1 Å². The van der Waals surface area contributed by atoms with E-state index in [4.69, 9.17) is 18.9 Å². The monoisotopic (exact) mass is 785 g/mol. The topological polar surface area (TPSA) is 36.9 Å². The first-order valence-electron chi connectivity index (χ1n) is 24.9.